The molecule has 20 heavy (non-hydrogen) atoms. The van der Waals surface area contributed by atoms with Crippen LogP contribution in [0.5, 0.6) is 0 Å². The molecule has 1 aromatic heterocycles. The lowest BCUT2D eigenvalue weighted by molar-refractivity contribution is 0.289. The Morgan fingerprint density at radius 1 is 1.25 bits per heavy atom. The zero-order valence-electron chi connectivity index (χ0n) is 11.8. The number of fused-ring (bicyclic) bond motifs is 1. The van der Waals surface area contributed by atoms with Gasteiger partial charge in [-0.15, -0.1) is 0 Å². The molecule has 110 valence electrons. The number of rotatable bonds is 4. The standard InChI is InChI=1S/C14H21N3O2S/c1-2-20(18,19)17-10-13-8-16(9-14(13)11-17)7-12-4-3-5-15-6-12/h3-6,13-14H,2,7-11H2,1H3/t13-,14-/m1/s1. The summed E-state index contributed by atoms with van der Waals surface area (Å²) in [7, 11) is -3.01. The van der Waals surface area contributed by atoms with Crippen LogP contribution in [0.4, 0.5) is 0 Å². The Morgan fingerprint density at radius 2 is 1.95 bits per heavy atom. The van der Waals surface area contributed by atoms with Crippen LogP contribution in [0.1, 0.15) is 12.5 Å². The fourth-order valence-electron chi connectivity index (χ4n) is 3.34. The fourth-order valence-corrected chi connectivity index (χ4v) is 4.54. The second-order valence-corrected chi connectivity index (χ2v) is 8.05. The first-order chi connectivity index (χ1) is 9.58. The van der Waals surface area contributed by atoms with Gasteiger partial charge in [0.2, 0.25) is 10.0 Å². The van der Waals surface area contributed by atoms with Crippen LogP contribution in [-0.2, 0) is 16.6 Å². The van der Waals surface area contributed by atoms with Crippen LogP contribution in [0, 0.1) is 11.8 Å². The summed E-state index contributed by atoms with van der Waals surface area (Å²) in [5.41, 5.74) is 1.23. The van der Waals surface area contributed by atoms with Crippen LogP contribution in [0.25, 0.3) is 0 Å². The third kappa shape index (κ3) is 2.73. The largest absolute Gasteiger partial charge is 0.298 e. The smallest absolute Gasteiger partial charge is 0.213 e. The summed E-state index contributed by atoms with van der Waals surface area (Å²) in [5, 5.41) is 0. The van der Waals surface area contributed by atoms with Crippen LogP contribution >= 0.6 is 0 Å². The molecule has 0 N–H and O–H groups in total. The number of sulfonamides is 1. The van der Waals surface area contributed by atoms with Crippen LogP contribution in [0.2, 0.25) is 0 Å². The zero-order valence-corrected chi connectivity index (χ0v) is 12.6. The van der Waals surface area contributed by atoms with E-state index in [0.717, 1.165) is 19.6 Å². The minimum atomic E-state index is -3.01. The molecular formula is C14H21N3O2S. The molecule has 2 aliphatic heterocycles. The highest BCUT2D eigenvalue weighted by atomic mass is 32.2. The van der Waals surface area contributed by atoms with Crippen LogP contribution < -0.4 is 0 Å². The van der Waals surface area contributed by atoms with Gasteiger partial charge >= 0.3 is 0 Å². The summed E-state index contributed by atoms with van der Waals surface area (Å²) in [6.45, 7) is 6.03. The van der Waals surface area contributed by atoms with Crippen molar-refractivity contribution >= 4 is 10.0 Å². The molecule has 3 heterocycles. The zero-order chi connectivity index (χ0) is 14.2. The highest BCUT2D eigenvalue weighted by Gasteiger charge is 2.43. The van der Waals surface area contributed by atoms with Crippen molar-refractivity contribution in [3.05, 3.63) is 30.1 Å². The molecule has 5 nitrogen and oxygen atoms in total. The van der Waals surface area contributed by atoms with E-state index >= 15 is 0 Å². The maximum atomic E-state index is 11.9. The number of hydrogen-bond donors (Lipinski definition) is 0. The number of hydrogen-bond acceptors (Lipinski definition) is 4. The number of nitrogens with zero attached hydrogens (tertiary/aromatic N) is 3. The first-order valence-electron chi connectivity index (χ1n) is 7.17. The molecule has 0 bridgehead atoms. The molecular weight excluding hydrogens is 274 g/mol. The van der Waals surface area contributed by atoms with Gasteiger partial charge in [0, 0.05) is 45.1 Å². The van der Waals surface area contributed by atoms with Gasteiger partial charge in [-0.25, -0.2) is 12.7 Å². The van der Waals surface area contributed by atoms with Crippen molar-refractivity contribution in [3.8, 4) is 0 Å². The molecule has 2 fully saturated rings. The maximum absolute atomic E-state index is 11.9. The third-order valence-corrected chi connectivity index (χ3v) is 6.23. The summed E-state index contributed by atoms with van der Waals surface area (Å²) in [6.07, 6.45) is 3.69. The molecule has 1 aromatic rings. The van der Waals surface area contributed by atoms with Gasteiger partial charge in [0.1, 0.15) is 0 Å². The molecule has 0 unspecified atom stereocenters. The molecule has 2 atom stereocenters. The summed E-state index contributed by atoms with van der Waals surface area (Å²) in [5.74, 6) is 1.20. The Morgan fingerprint density at radius 3 is 2.50 bits per heavy atom. The summed E-state index contributed by atoms with van der Waals surface area (Å²) in [4.78, 5) is 6.56. The lowest BCUT2D eigenvalue weighted by Crippen LogP contribution is -2.34. The lowest BCUT2D eigenvalue weighted by atomic mass is 10.0. The minimum absolute atomic E-state index is 0.214. The highest BCUT2D eigenvalue weighted by Crippen LogP contribution is 2.33. The normalized spacial score (nSPS) is 27.9. The second kappa shape index (κ2) is 5.42. The molecule has 2 saturated heterocycles. The van der Waals surface area contributed by atoms with Gasteiger partial charge in [-0.05, 0) is 30.4 Å². The molecule has 0 amide bonds. The number of aromatic nitrogens is 1. The van der Waals surface area contributed by atoms with Crippen molar-refractivity contribution in [2.24, 2.45) is 11.8 Å². The Kier molecular flexibility index (Phi) is 3.79. The van der Waals surface area contributed by atoms with E-state index in [1.165, 1.54) is 5.56 Å². The van der Waals surface area contributed by atoms with E-state index in [2.05, 4.69) is 16.0 Å². The van der Waals surface area contributed by atoms with Crippen molar-refractivity contribution in [1.82, 2.24) is 14.2 Å². The molecule has 6 heteroatoms. The van der Waals surface area contributed by atoms with Gasteiger partial charge in [-0.1, -0.05) is 6.07 Å². The van der Waals surface area contributed by atoms with E-state index in [0.29, 0.717) is 24.9 Å². The lowest BCUT2D eigenvalue weighted by Gasteiger charge is -2.20. The molecule has 2 aliphatic rings. The molecule has 0 aliphatic carbocycles. The Labute approximate surface area is 120 Å². The third-order valence-electron chi connectivity index (χ3n) is 4.42. The summed E-state index contributed by atoms with van der Waals surface area (Å²) in [6, 6.07) is 4.05. The number of likely N-dealkylation sites (tertiary alicyclic amines) is 1. The topological polar surface area (TPSA) is 53.5 Å². The molecule has 0 aromatic carbocycles. The Balaban J connectivity index is 1.59. The van der Waals surface area contributed by atoms with Gasteiger partial charge in [-0.3, -0.25) is 9.88 Å². The highest BCUT2D eigenvalue weighted by molar-refractivity contribution is 7.89. The van der Waals surface area contributed by atoms with Gasteiger partial charge < -0.3 is 0 Å². The van der Waals surface area contributed by atoms with Crippen LogP contribution in [0.3, 0.4) is 0 Å². The van der Waals surface area contributed by atoms with Crippen LogP contribution in [-0.4, -0.2) is 54.5 Å². The van der Waals surface area contributed by atoms with Gasteiger partial charge in [0.15, 0.2) is 0 Å². The van der Waals surface area contributed by atoms with Crippen molar-refractivity contribution in [1.29, 1.82) is 0 Å². The van der Waals surface area contributed by atoms with E-state index in [1.54, 1.807) is 17.4 Å². The molecule has 0 saturated carbocycles. The van der Waals surface area contributed by atoms with Crippen molar-refractivity contribution in [2.75, 3.05) is 31.9 Å². The van der Waals surface area contributed by atoms with E-state index < -0.39 is 10.0 Å². The second-order valence-electron chi connectivity index (χ2n) is 5.79. The first kappa shape index (κ1) is 14.0. The maximum Gasteiger partial charge on any atom is 0.213 e. The minimum Gasteiger partial charge on any atom is -0.298 e. The Bertz CT molecular complexity index is 547. The predicted molar refractivity (Wildman–Crippen MR) is 77.5 cm³/mol. The van der Waals surface area contributed by atoms with Crippen molar-refractivity contribution < 1.29 is 8.42 Å². The molecule has 0 radical (unpaired) electrons. The van der Waals surface area contributed by atoms with Gasteiger partial charge in [-0.2, -0.15) is 0 Å². The van der Waals surface area contributed by atoms with E-state index in [9.17, 15) is 8.42 Å². The number of pyridine rings is 1. The first-order valence-corrected chi connectivity index (χ1v) is 8.78. The predicted octanol–water partition coefficient (Wildman–Crippen LogP) is 0.795. The van der Waals surface area contributed by atoms with Crippen LogP contribution in [0.15, 0.2) is 24.5 Å². The Hall–Kier alpha value is -0.980. The SMILES string of the molecule is CCS(=O)(=O)N1C[C@H]2CN(Cc3cccnc3)C[C@@H]2C1. The van der Waals surface area contributed by atoms with E-state index in [4.69, 9.17) is 0 Å². The average Bonchev–Trinajstić information content (AvgIpc) is 2.98. The van der Waals surface area contributed by atoms with Crippen molar-refractivity contribution in [2.45, 2.75) is 13.5 Å². The summed E-state index contributed by atoms with van der Waals surface area (Å²) >= 11 is 0. The van der Waals surface area contributed by atoms with E-state index in [1.807, 2.05) is 12.3 Å². The van der Waals surface area contributed by atoms with E-state index in [-0.39, 0.29) is 5.75 Å². The van der Waals surface area contributed by atoms with Gasteiger partial charge in [0.05, 0.1) is 5.75 Å². The summed E-state index contributed by atoms with van der Waals surface area (Å²) < 4.78 is 25.5. The molecule has 0 spiro atoms. The van der Waals surface area contributed by atoms with Gasteiger partial charge in [0.25, 0.3) is 0 Å². The molecule has 3 rings (SSSR count). The quantitative estimate of drug-likeness (QED) is 0.824. The van der Waals surface area contributed by atoms with Crippen molar-refractivity contribution in [3.63, 3.8) is 0 Å². The monoisotopic (exact) mass is 295 g/mol. The fraction of sp³-hybridized carbons (Fsp3) is 0.643. The average molecular weight is 295 g/mol.